The summed E-state index contributed by atoms with van der Waals surface area (Å²) in [5.41, 5.74) is 0.902. The van der Waals surface area contributed by atoms with Crippen LogP contribution in [0.5, 0.6) is 0 Å². The molecule has 0 aliphatic carbocycles. The third-order valence-corrected chi connectivity index (χ3v) is 7.51. The lowest BCUT2D eigenvalue weighted by Gasteiger charge is -2.25. The van der Waals surface area contributed by atoms with Crippen molar-refractivity contribution in [2.24, 2.45) is 0 Å². The second-order valence-corrected chi connectivity index (χ2v) is 10.2. The number of thiazole rings is 1. The van der Waals surface area contributed by atoms with E-state index in [-0.39, 0.29) is 25.2 Å². The molecule has 1 aromatic heterocycles. The first-order valence-corrected chi connectivity index (χ1v) is 12.2. The summed E-state index contributed by atoms with van der Waals surface area (Å²) < 4.78 is 67.0. The maximum absolute atomic E-state index is 13.3. The first-order valence-electron chi connectivity index (χ1n) is 9.91. The Labute approximate surface area is 194 Å². The number of hydrogen-bond donors (Lipinski definition) is 1. The van der Waals surface area contributed by atoms with Gasteiger partial charge in [0, 0.05) is 24.0 Å². The van der Waals surface area contributed by atoms with Gasteiger partial charge >= 0.3 is 6.18 Å². The summed E-state index contributed by atoms with van der Waals surface area (Å²) in [4.78, 5) is 16.1. The van der Waals surface area contributed by atoms with Crippen LogP contribution in [-0.4, -0.2) is 25.9 Å². The van der Waals surface area contributed by atoms with Crippen molar-refractivity contribution in [2.75, 3.05) is 10.8 Å². The molecule has 2 aromatic carbocycles. The number of alkyl halides is 3. The first kappa shape index (κ1) is 24.7. The third kappa shape index (κ3) is 6.32. The van der Waals surface area contributed by atoms with Gasteiger partial charge in [0.1, 0.15) is 5.01 Å². The maximum atomic E-state index is 13.3. The SMILES string of the molecule is Cc1ccc(N(CCC(=O)NCc2nc(C)cs2)S(=O)(=O)c2cccc(C(F)(F)F)c2)cc1. The Kier molecular flexibility index (Phi) is 7.43. The summed E-state index contributed by atoms with van der Waals surface area (Å²) in [5, 5.41) is 5.25. The van der Waals surface area contributed by atoms with E-state index in [0.29, 0.717) is 11.1 Å². The van der Waals surface area contributed by atoms with Crippen molar-refractivity contribution >= 4 is 33.0 Å². The van der Waals surface area contributed by atoms with Crippen LogP contribution in [0.2, 0.25) is 0 Å². The monoisotopic (exact) mass is 497 g/mol. The van der Waals surface area contributed by atoms with E-state index >= 15 is 0 Å². The topological polar surface area (TPSA) is 79.4 Å². The molecule has 0 spiro atoms. The number of carbonyl (C=O) groups is 1. The van der Waals surface area contributed by atoms with Gasteiger partial charge in [-0.1, -0.05) is 23.8 Å². The number of benzene rings is 2. The Bertz CT molecular complexity index is 1220. The molecule has 1 amide bonds. The van der Waals surface area contributed by atoms with Gasteiger partial charge in [0.05, 0.1) is 22.7 Å². The highest BCUT2D eigenvalue weighted by molar-refractivity contribution is 7.92. The molecule has 11 heteroatoms. The van der Waals surface area contributed by atoms with Crippen molar-refractivity contribution < 1.29 is 26.4 Å². The fourth-order valence-electron chi connectivity index (χ4n) is 3.01. The molecule has 0 aliphatic heterocycles. The summed E-state index contributed by atoms with van der Waals surface area (Å²) in [5.74, 6) is -0.404. The minimum absolute atomic E-state index is 0.184. The molecule has 6 nitrogen and oxygen atoms in total. The van der Waals surface area contributed by atoms with Gasteiger partial charge in [-0.05, 0) is 44.2 Å². The van der Waals surface area contributed by atoms with Gasteiger partial charge in [0.2, 0.25) is 5.91 Å². The van der Waals surface area contributed by atoms with Crippen LogP contribution in [0.1, 0.15) is 28.2 Å². The zero-order valence-corrected chi connectivity index (χ0v) is 19.5. The number of carbonyl (C=O) groups excluding carboxylic acids is 1. The highest BCUT2D eigenvalue weighted by atomic mass is 32.2. The van der Waals surface area contributed by atoms with Crippen molar-refractivity contribution in [1.82, 2.24) is 10.3 Å². The van der Waals surface area contributed by atoms with E-state index in [4.69, 9.17) is 0 Å². The second-order valence-electron chi connectivity index (χ2n) is 7.35. The van der Waals surface area contributed by atoms with E-state index in [1.54, 1.807) is 24.3 Å². The van der Waals surface area contributed by atoms with Crippen molar-refractivity contribution in [1.29, 1.82) is 0 Å². The molecule has 33 heavy (non-hydrogen) atoms. The van der Waals surface area contributed by atoms with Gasteiger partial charge in [-0.25, -0.2) is 13.4 Å². The van der Waals surface area contributed by atoms with E-state index in [9.17, 15) is 26.4 Å². The summed E-state index contributed by atoms with van der Waals surface area (Å²) in [6.45, 7) is 3.62. The third-order valence-electron chi connectivity index (χ3n) is 4.72. The van der Waals surface area contributed by atoms with Crippen LogP contribution >= 0.6 is 11.3 Å². The van der Waals surface area contributed by atoms with Gasteiger partial charge in [-0.3, -0.25) is 9.10 Å². The fourth-order valence-corrected chi connectivity index (χ4v) is 5.23. The number of rotatable bonds is 8. The molecule has 0 saturated heterocycles. The largest absolute Gasteiger partial charge is 0.416 e. The standard InChI is InChI=1S/C22H22F3N3O3S2/c1-15-6-8-18(9-7-15)28(11-10-20(29)26-13-21-27-16(2)14-32-21)33(30,31)19-5-3-4-17(12-19)22(23,24)25/h3-9,12,14H,10-11,13H2,1-2H3,(H,26,29). The number of hydrogen-bond acceptors (Lipinski definition) is 5. The molecule has 1 heterocycles. The number of anilines is 1. The molecule has 0 aliphatic rings. The number of nitrogens with one attached hydrogen (secondary N) is 1. The van der Waals surface area contributed by atoms with Crippen LogP contribution in [0.4, 0.5) is 18.9 Å². The molecule has 3 rings (SSSR count). The maximum Gasteiger partial charge on any atom is 0.416 e. The quantitative estimate of drug-likeness (QED) is 0.490. The number of amides is 1. The molecule has 0 radical (unpaired) electrons. The Morgan fingerprint density at radius 2 is 1.82 bits per heavy atom. The molecule has 1 N–H and O–H groups in total. The number of sulfonamides is 1. The molecule has 0 fully saturated rings. The Morgan fingerprint density at radius 1 is 1.12 bits per heavy atom. The van der Waals surface area contributed by atoms with Gasteiger partial charge in [0.25, 0.3) is 10.0 Å². The van der Waals surface area contributed by atoms with Gasteiger partial charge in [0.15, 0.2) is 0 Å². The summed E-state index contributed by atoms with van der Waals surface area (Å²) in [6.07, 6.45) is -4.87. The highest BCUT2D eigenvalue weighted by Gasteiger charge is 2.33. The van der Waals surface area contributed by atoms with Crippen molar-refractivity contribution in [3.05, 3.63) is 75.7 Å². The summed E-state index contributed by atoms with van der Waals surface area (Å²) >= 11 is 1.39. The van der Waals surface area contributed by atoms with Crippen LogP contribution in [0.3, 0.4) is 0 Å². The van der Waals surface area contributed by atoms with E-state index in [2.05, 4.69) is 10.3 Å². The molecule has 0 bridgehead atoms. The number of aromatic nitrogens is 1. The smallest absolute Gasteiger partial charge is 0.350 e. The van der Waals surface area contributed by atoms with Crippen LogP contribution in [-0.2, 0) is 27.5 Å². The summed E-state index contributed by atoms with van der Waals surface area (Å²) in [6, 6.07) is 10.0. The average molecular weight is 498 g/mol. The van der Waals surface area contributed by atoms with Gasteiger partial charge < -0.3 is 5.32 Å². The van der Waals surface area contributed by atoms with Crippen LogP contribution in [0, 0.1) is 13.8 Å². The molecular formula is C22H22F3N3O3S2. The van der Waals surface area contributed by atoms with Crippen LogP contribution in [0.15, 0.2) is 58.8 Å². The van der Waals surface area contributed by atoms with E-state index in [1.807, 2.05) is 19.2 Å². The van der Waals surface area contributed by atoms with Crippen molar-refractivity contribution in [3.63, 3.8) is 0 Å². The average Bonchev–Trinajstić information content (AvgIpc) is 3.18. The zero-order valence-electron chi connectivity index (χ0n) is 17.9. The van der Waals surface area contributed by atoms with Crippen LogP contribution in [0.25, 0.3) is 0 Å². The lowest BCUT2D eigenvalue weighted by molar-refractivity contribution is -0.137. The zero-order chi connectivity index (χ0) is 24.2. The molecule has 0 unspecified atom stereocenters. The van der Waals surface area contributed by atoms with Crippen molar-refractivity contribution in [3.8, 4) is 0 Å². The highest BCUT2D eigenvalue weighted by Crippen LogP contribution is 2.32. The second kappa shape index (κ2) is 9.92. The number of nitrogens with zero attached hydrogens (tertiary/aromatic N) is 2. The lowest BCUT2D eigenvalue weighted by Crippen LogP contribution is -2.35. The Balaban J connectivity index is 1.83. The first-order chi connectivity index (χ1) is 15.5. The normalized spacial score (nSPS) is 11.9. The van der Waals surface area contributed by atoms with Crippen molar-refractivity contribution in [2.45, 2.75) is 37.9 Å². The Morgan fingerprint density at radius 3 is 2.42 bits per heavy atom. The minimum atomic E-state index is -4.69. The van der Waals surface area contributed by atoms with Crippen LogP contribution < -0.4 is 9.62 Å². The molecular weight excluding hydrogens is 475 g/mol. The molecule has 176 valence electrons. The molecule has 3 aromatic rings. The van der Waals surface area contributed by atoms with Gasteiger partial charge in [-0.15, -0.1) is 11.3 Å². The molecule has 0 atom stereocenters. The summed E-state index contributed by atoms with van der Waals surface area (Å²) in [7, 11) is -4.37. The minimum Gasteiger partial charge on any atom is -0.350 e. The van der Waals surface area contributed by atoms with E-state index < -0.39 is 32.6 Å². The van der Waals surface area contributed by atoms with Gasteiger partial charge in [-0.2, -0.15) is 13.2 Å². The number of aryl methyl sites for hydroxylation is 2. The van der Waals surface area contributed by atoms with E-state index in [0.717, 1.165) is 33.8 Å². The predicted octanol–water partition coefficient (Wildman–Crippen LogP) is 4.68. The predicted molar refractivity (Wildman–Crippen MR) is 120 cm³/mol. The lowest BCUT2D eigenvalue weighted by atomic mass is 10.2. The fraction of sp³-hybridized carbons (Fsp3) is 0.273. The molecule has 0 saturated carbocycles. The van der Waals surface area contributed by atoms with E-state index in [1.165, 1.54) is 11.3 Å². The Hall–Kier alpha value is -2.92. The number of halogens is 3.